The van der Waals surface area contributed by atoms with Crippen LogP contribution in [0.5, 0.6) is 0 Å². The number of benzene rings is 1. The standard InChI is InChI=1S/C12H13ClN4O/c1-7-4-8(2-3-10(7)13)12(18)15-5-9-6-16-17-11(9)14/h2-4,6H,5H2,1H3,(H,15,18)(H3,14,16,17). The lowest BCUT2D eigenvalue weighted by Crippen LogP contribution is -2.23. The second kappa shape index (κ2) is 5.10. The van der Waals surface area contributed by atoms with Gasteiger partial charge in [-0.1, -0.05) is 11.6 Å². The fraction of sp³-hybridized carbons (Fsp3) is 0.167. The predicted octanol–water partition coefficient (Wildman–Crippen LogP) is 1.88. The number of aromatic amines is 1. The van der Waals surface area contributed by atoms with E-state index in [1.807, 2.05) is 6.92 Å². The molecule has 0 aliphatic rings. The number of aryl methyl sites for hydroxylation is 1. The Kier molecular flexibility index (Phi) is 3.53. The van der Waals surface area contributed by atoms with E-state index < -0.39 is 0 Å². The molecule has 0 atom stereocenters. The normalized spacial score (nSPS) is 10.3. The van der Waals surface area contributed by atoms with Crippen molar-refractivity contribution in [2.75, 3.05) is 5.73 Å². The summed E-state index contributed by atoms with van der Waals surface area (Å²) in [6.07, 6.45) is 1.59. The van der Waals surface area contributed by atoms with E-state index in [2.05, 4.69) is 15.5 Å². The Hall–Kier alpha value is -2.01. The molecule has 2 aromatic rings. The fourth-order valence-corrected chi connectivity index (χ4v) is 1.64. The SMILES string of the molecule is Cc1cc(C(=O)NCc2cn[nH]c2N)ccc1Cl. The van der Waals surface area contributed by atoms with Gasteiger partial charge < -0.3 is 11.1 Å². The molecular weight excluding hydrogens is 252 g/mol. The molecule has 0 unspecified atom stereocenters. The number of carbonyl (C=O) groups is 1. The minimum Gasteiger partial charge on any atom is -0.384 e. The van der Waals surface area contributed by atoms with Crippen LogP contribution in [0.1, 0.15) is 21.5 Å². The number of hydrogen-bond donors (Lipinski definition) is 3. The molecule has 0 spiro atoms. The molecule has 1 heterocycles. The van der Waals surface area contributed by atoms with Gasteiger partial charge in [-0.2, -0.15) is 5.10 Å². The Morgan fingerprint density at radius 3 is 2.94 bits per heavy atom. The van der Waals surface area contributed by atoms with Crippen LogP contribution >= 0.6 is 11.6 Å². The van der Waals surface area contributed by atoms with Gasteiger partial charge in [0, 0.05) is 22.7 Å². The summed E-state index contributed by atoms with van der Waals surface area (Å²) in [6, 6.07) is 5.14. The van der Waals surface area contributed by atoms with E-state index in [1.54, 1.807) is 24.4 Å². The number of rotatable bonds is 3. The maximum atomic E-state index is 11.9. The molecule has 94 valence electrons. The van der Waals surface area contributed by atoms with Crippen molar-refractivity contribution in [2.45, 2.75) is 13.5 Å². The Bertz CT molecular complexity index is 579. The summed E-state index contributed by atoms with van der Waals surface area (Å²) in [5.41, 5.74) is 7.82. The molecule has 18 heavy (non-hydrogen) atoms. The van der Waals surface area contributed by atoms with Gasteiger partial charge in [0.15, 0.2) is 0 Å². The molecule has 0 aliphatic heterocycles. The molecule has 0 bridgehead atoms. The van der Waals surface area contributed by atoms with Crippen molar-refractivity contribution in [1.29, 1.82) is 0 Å². The van der Waals surface area contributed by atoms with E-state index in [4.69, 9.17) is 17.3 Å². The molecule has 1 aromatic heterocycles. The lowest BCUT2D eigenvalue weighted by atomic mass is 10.1. The van der Waals surface area contributed by atoms with Gasteiger partial charge in [0.2, 0.25) is 0 Å². The third-order valence-corrected chi connectivity index (χ3v) is 3.03. The molecule has 0 fully saturated rings. The highest BCUT2D eigenvalue weighted by Crippen LogP contribution is 2.16. The zero-order valence-corrected chi connectivity index (χ0v) is 10.6. The predicted molar refractivity (Wildman–Crippen MR) is 70.4 cm³/mol. The number of nitrogens with one attached hydrogen (secondary N) is 2. The summed E-state index contributed by atoms with van der Waals surface area (Å²) in [5.74, 6) is 0.290. The van der Waals surface area contributed by atoms with Gasteiger partial charge in [0.05, 0.1) is 6.20 Å². The van der Waals surface area contributed by atoms with Crippen LogP contribution in [0.25, 0.3) is 0 Å². The van der Waals surface area contributed by atoms with Crippen LogP contribution in [0, 0.1) is 6.92 Å². The molecule has 0 aliphatic carbocycles. The average Bonchev–Trinajstić information content (AvgIpc) is 2.75. The second-order valence-corrected chi connectivity index (χ2v) is 4.36. The third kappa shape index (κ3) is 2.62. The van der Waals surface area contributed by atoms with Crippen LogP contribution in [0.3, 0.4) is 0 Å². The van der Waals surface area contributed by atoms with Gasteiger partial charge in [-0.25, -0.2) is 0 Å². The third-order valence-electron chi connectivity index (χ3n) is 2.61. The van der Waals surface area contributed by atoms with Crippen LogP contribution < -0.4 is 11.1 Å². The number of nitrogen functional groups attached to an aromatic ring is 1. The topological polar surface area (TPSA) is 83.8 Å². The van der Waals surface area contributed by atoms with E-state index in [9.17, 15) is 4.79 Å². The van der Waals surface area contributed by atoms with Gasteiger partial charge in [-0.15, -0.1) is 0 Å². The second-order valence-electron chi connectivity index (χ2n) is 3.96. The monoisotopic (exact) mass is 264 g/mol. The number of aromatic nitrogens is 2. The molecular formula is C12H13ClN4O. The quantitative estimate of drug-likeness (QED) is 0.791. The highest BCUT2D eigenvalue weighted by molar-refractivity contribution is 6.31. The van der Waals surface area contributed by atoms with E-state index in [1.165, 1.54) is 0 Å². The van der Waals surface area contributed by atoms with Crippen molar-refractivity contribution in [3.63, 3.8) is 0 Å². The Labute approximate surface area is 109 Å². The van der Waals surface area contributed by atoms with Gasteiger partial charge in [-0.05, 0) is 30.7 Å². The Morgan fingerprint density at radius 1 is 1.56 bits per heavy atom. The molecule has 0 saturated carbocycles. The summed E-state index contributed by atoms with van der Waals surface area (Å²) >= 11 is 5.90. The smallest absolute Gasteiger partial charge is 0.251 e. The van der Waals surface area contributed by atoms with Crippen LogP contribution in [-0.4, -0.2) is 16.1 Å². The zero-order chi connectivity index (χ0) is 13.1. The van der Waals surface area contributed by atoms with Gasteiger partial charge in [-0.3, -0.25) is 9.89 Å². The van der Waals surface area contributed by atoms with E-state index in [-0.39, 0.29) is 5.91 Å². The number of nitrogens with two attached hydrogens (primary N) is 1. The molecule has 1 aromatic carbocycles. The number of anilines is 1. The lowest BCUT2D eigenvalue weighted by Gasteiger charge is -2.06. The van der Waals surface area contributed by atoms with Gasteiger partial charge >= 0.3 is 0 Å². The maximum absolute atomic E-state index is 11.9. The van der Waals surface area contributed by atoms with Crippen molar-refractivity contribution < 1.29 is 4.79 Å². The molecule has 0 saturated heterocycles. The van der Waals surface area contributed by atoms with Gasteiger partial charge in [0.1, 0.15) is 5.82 Å². The molecule has 1 amide bonds. The van der Waals surface area contributed by atoms with Crippen LogP contribution in [0.15, 0.2) is 24.4 Å². The number of halogens is 1. The van der Waals surface area contributed by atoms with Crippen molar-refractivity contribution >= 4 is 23.3 Å². The minimum absolute atomic E-state index is 0.171. The molecule has 5 nitrogen and oxygen atoms in total. The van der Waals surface area contributed by atoms with Crippen molar-refractivity contribution in [3.8, 4) is 0 Å². The van der Waals surface area contributed by atoms with E-state index in [0.717, 1.165) is 11.1 Å². The number of amides is 1. The summed E-state index contributed by atoms with van der Waals surface area (Å²) in [4.78, 5) is 11.9. The van der Waals surface area contributed by atoms with Crippen LogP contribution in [0.2, 0.25) is 5.02 Å². The van der Waals surface area contributed by atoms with Crippen LogP contribution in [-0.2, 0) is 6.54 Å². The van der Waals surface area contributed by atoms with Crippen molar-refractivity contribution in [3.05, 3.63) is 46.1 Å². The van der Waals surface area contributed by atoms with E-state index in [0.29, 0.717) is 22.9 Å². The zero-order valence-electron chi connectivity index (χ0n) is 9.83. The van der Waals surface area contributed by atoms with E-state index >= 15 is 0 Å². The van der Waals surface area contributed by atoms with Crippen LogP contribution in [0.4, 0.5) is 5.82 Å². The molecule has 6 heteroatoms. The highest BCUT2D eigenvalue weighted by Gasteiger charge is 2.08. The molecule has 4 N–H and O–H groups in total. The molecule has 2 rings (SSSR count). The largest absolute Gasteiger partial charge is 0.384 e. The summed E-state index contributed by atoms with van der Waals surface area (Å²) in [5, 5.41) is 9.80. The lowest BCUT2D eigenvalue weighted by molar-refractivity contribution is 0.0951. The molecule has 0 radical (unpaired) electrons. The number of hydrogen-bond acceptors (Lipinski definition) is 3. The highest BCUT2D eigenvalue weighted by atomic mass is 35.5. The van der Waals surface area contributed by atoms with Gasteiger partial charge in [0.25, 0.3) is 5.91 Å². The number of H-pyrrole nitrogens is 1. The summed E-state index contributed by atoms with van der Waals surface area (Å²) in [7, 11) is 0. The Balaban J connectivity index is 2.04. The first kappa shape index (κ1) is 12.4. The summed E-state index contributed by atoms with van der Waals surface area (Å²) in [6.45, 7) is 2.19. The average molecular weight is 265 g/mol. The first-order chi connectivity index (χ1) is 8.58. The maximum Gasteiger partial charge on any atom is 0.251 e. The minimum atomic E-state index is -0.171. The first-order valence-corrected chi connectivity index (χ1v) is 5.78. The van der Waals surface area contributed by atoms with Crippen molar-refractivity contribution in [1.82, 2.24) is 15.5 Å². The number of nitrogens with zero attached hydrogens (tertiary/aromatic N) is 1. The van der Waals surface area contributed by atoms with Crippen molar-refractivity contribution in [2.24, 2.45) is 0 Å². The fourth-order valence-electron chi connectivity index (χ4n) is 1.53. The first-order valence-electron chi connectivity index (χ1n) is 5.40. The number of carbonyl (C=O) groups excluding carboxylic acids is 1. The Morgan fingerprint density at radius 2 is 2.33 bits per heavy atom. The summed E-state index contributed by atoms with van der Waals surface area (Å²) < 4.78 is 0.